The van der Waals surface area contributed by atoms with E-state index in [2.05, 4.69) is 15.9 Å². The molecule has 0 aliphatic heterocycles. The lowest BCUT2D eigenvalue weighted by Crippen LogP contribution is -2.19. The van der Waals surface area contributed by atoms with Crippen molar-refractivity contribution in [1.82, 2.24) is 0 Å². The smallest absolute Gasteiger partial charge is 0.314 e. The highest BCUT2D eigenvalue weighted by molar-refractivity contribution is 9.10. The fraction of sp³-hybridized carbons (Fsp3) is 0.300. The molecule has 0 amide bonds. The maximum atomic E-state index is 11.0. The fourth-order valence-corrected chi connectivity index (χ4v) is 2.36. The maximum absolute atomic E-state index is 11.0. The number of carboxylic acid groups (broad SMARTS) is 1. The van der Waals surface area contributed by atoms with Crippen LogP contribution in [0.25, 0.3) is 0 Å². The third-order valence-corrected chi connectivity index (χ3v) is 3.28. The van der Waals surface area contributed by atoms with E-state index in [1.54, 1.807) is 6.07 Å². The normalized spacial score (nSPS) is 17.8. The largest absolute Gasteiger partial charge is 0.508 e. The second kappa shape index (κ2) is 2.98. The number of halogens is 1. The van der Waals surface area contributed by atoms with Crippen molar-refractivity contribution in [3.05, 3.63) is 28.2 Å². The van der Waals surface area contributed by atoms with Crippen LogP contribution in [0, 0.1) is 0 Å². The van der Waals surface area contributed by atoms with Crippen LogP contribution in [-0.4, -0.2) is 16.2 Å². The number of rotatable bonds is 2. The molecule has 0 bridgehead atoms. The number of hydrogen-bond acceptors (Lipinski definition) is 2. The van der Waals surface area contributed by atoms with E-state index in [1.807, 2.05) is 0 Å². The van der Waals surface area contributed by atoms with Crippen LogP contribution in [0.3, 0.4) is 0 Å². The molecule has 0 radical (unpaired) electrons. The van der Waals surface area contributed by atoms with E-state index < -0.39 is 11.4 Å². The van der Waals surface area contributed by atoms with Gasteiger partial charge in [0.1, 0.15) is 5.75 Å². The summed E-state index contributed by atoms with van der Waals surface area (Å²) in [6, 6.07) is 4.71. The molecular weight excluding hydrogens is 248 g/mol. The minimum atomic E-state index is -0.788. The summed E-state index contributed by atoms with van der Waals surface area (Å²) in [7, 11) is 0. The molecule has 3 nitrogen and oxygen atoms in total. The second-order valence-corrected chi connectivity index (χ2v) is 4.41. The number of carboxylic acids is 1. The van der Waals surface area contributed by atoms with E-state index in [0.717, 1.165) is 5.56 Å². The van der Waals surface area contributed by atoms with Crippen LogP contribution >= 0.6 is 15.9 Å². The number of aliphatic carboxylic acids is 1. The third kappa shape index (κ3) is 1.30. The number of benzene rings is 1. The van der Waals surface area contributed by atoms with Gasteiger partial charge >= 0.3 is 5.97 Å². The second-order valence-electron chi connectivity index (χ2n) is 3.55. The van der Waals surface area contributed by atoms with Crippen molar-refractivity contribution < 1.29 is 15.0 Å². The minimum Gasteiger partial charge on any atom is -0.508 e. The van der Waals surface area contributed by atoms with Gasteiger partial charge in [-0.25, -0.2) is 0 Å². The van der Waals surface area contributed by atoms with Crippen LogP contribution < -0.4 is 0 Å². The predicted octanol–water partition coefficient (Wildman–Crippen LogP) is 2.27. The first kappa shape index (κ1) is 9.52. The number of phenolic OH excluding ortho intramolecular Hbond substituents is 1. The molecule has 1 aromatic rings. The Labute approximate surface area is 89.5 Å². The zero-order valence-electron chi connectivity index (χ0n) is 7.33. The highest BCUT2D eigenvalue weighted by Crippen LogP contribution is 2.51. The van der Waals surface area contributed by atoms with Gasteiger partial charge in [-0.3, -0.25) is 4.79 Å². The Balaban J connectivity index is 2.47. The van der Waals surface area contributed by atoms with Crippen molar-refractivity contribution in [2.75, 3.05) is 0 Å². The topological polar surface area (TPSA) is 57.5 Å². The van der Waals surface area contributed by atoms with Gasteiger partial charge < -0.3 is 10.2 Å². The van der Waals surface area contributed by atoms with Crippen molar-refractivity contribution in [2.45, 2.75) is 18.3 Å². The molecule has 0 unspecified atom stereocenters. The Morgan fingerprint density at radius 2 is 2.07 bits per heavy atom. The van der Waals surface area contributed by atoms with Crippen LogP contribution in [0.5, 0.6) is 5.75 Å². The zero-order valence-corrected chi connectivity index (χ0v) is 8.91. The summed E-state index contributed by atoms with van der Waals surface area (Å²) in [6.45, 7) is 0. The van der Waals surface area contributed by atoms with Crippen molar-refractivity contribution in [2.24, 2.45) is 0 Å². The van der Waals surface area contributed by atoms with E-state index in [1.165, 1.54) is 12.1 Å². The van der Waals surface area contributed by atoms with Gasteiger partial charge in [0.2, 0.25) is 0 Å². The molecule has 0 aromatic heterocycles. The maximum Gasteiger partial charge on any atom is 0.314 e. The molecule has 4 heteroatoms. The third-order valence-electron chi connectivity index (χ3n) is 2.63. The van der Waals surface area contributed by atoms with E-state index >= 15 is 0 Å². The average molecular weight is 257 g/mol. The highest BCUT2D eigenvalue weighted by atomic mass is 79.9. The van der Waals surface area contributed by atoms with Crippen LogP contribution in [0.15, 0.2) is 22.7 Å². The van der Waals surface area contributed by atoms with Crippen LogP contribution in [0.4, 0.5) is 0 Å². The summed E-state index contributed by atoms with van der Waals surface area (Å²) >= 11 is 3.27. The van der Waals surface area contributed by atoms with Gasteiger partial charge in [0, 0.05) is 4.47 Å². The quantitative estimate of drug-likeness (QED) is 0.854. The summed E-state index contributed by atoms with van der Waals surface area (Å²) in [5.74, 6) is -0.647. The molecule has 1 aliphatic carbocycles. The molecule has 2 N–H and O–H groups in total. The number of hydrogen-bond donors (Lipinski definition) is 2. The summed E-state index contributed by atoms with van der Waals surface area (Å²) in [5, 5.41) is 18.3. The summed E-state index contributed by atoms with van der Waals surface area (Å²) in [6.07, 6.45) is 1.34. The van der Waals surface area contributed by atoms with Crippen LogP contribution in [-0.2, 0) is 10.2 Å². The predicted molar refractivity (Wildman–Crippen MR) is 54.4 cm³/mol. The standard InChI is InChI=1S/C10H9BrO3/c11-8-5-6(12)1-2-7(8)10(3-4-10)9(13)14/h1-2,5,12H,3-4H2,(H,13,14). The van der Waals surface area contributed by atoms with E-state index in [9.17, 15) is 9.90 Å². The van der Waals surface area contributed by atoms with Gasteiger partial charge in [-0.15, -0.1) is 0 Å². The lowest BCUT2D eigenvalue weighted by Gasteiger charge is -2.12. The molecule has 0 spiro atoms. The van der Waals surface area contributed by atoms with E-state index in [0.29, 0.717) is 17.3 Å². The minimum absolute atomic E-state index is 0.141. The molecule has 14 heavy (non-hydrogen) atoms. The first-order valence-electron chi connectivity index (χ1n) is 4.29. The molecule has 1 saturated carbocycles. The molecule has 1 fully saturated rings. The van der Waals surface area contributed by atoms with Gasteiger partial charge in [-0.05, 0) is 30.5 Å². The van der Waals surface area contributed by atoms with Crippen molar-refractivity contribution >= 4 is 21.9 Å². The summed E-state index contributed by atoms with van der Waals surface area (Å²) in [5.41, 5.74) is 0.0369. The Kier molecular flexibility index (Phi) is 2.03. The lowest BCUT2D eigenvalue weighted by atomic mass is 9.96. The number of carbonyl (C=O) groups is 1. The first-order valence-corrected chi connectivity index (χ1v) is 5.08. The van der Waals surface area contributed by atoms with Gasteiger partial charge in [0.05, 0.1) is 5.41 Å². The Hall–Kier alpha value is -1.03. The molecule has 0 atom stereocenters. The van der Waals surface area contributed by atoms with E-state index in [-0.39, 0.29) is 5.75 Å². The first-order chi connectivity index (χ1) is 6.56. The van der Waals surface area contributed by atoms with Crippen molar-refractivity contribution in [3.8, 4) is 5.75 Å². The molecule has 0 saturated heterocycles. The molecule has 2 rings (SSSR count). The molecule has 1 aliphatic rings. The average Bonchev–Trinajstić information content (AvgIpc) is 2.84. The Morgan fingerprint density at radius 1 is 1.43 bits per heavy atom. The molecule has 74 valence electrons. The SMILES string of the molecule is O=C(O)C1(c2ccc(O)cc2Br)CC1. The molecule has 0 heterocycles. The Morgan fingerprint density at radius 3 is 2.50 bits per heavy atom. The van der Waals surface area contributed by atoms with Gasteiger partial charge in [0.15, 0.2) is 0 Å². The van der Waals surface area contributed by atoms with E-state index in [4.69, 9.17) is 5.11 Å². The number of phenols is 1. The van der Waals surface area contributed by atoms with Crippen LogP contribution in [0.1, 0.15) is 18.4 Å². The summed E-state index contributed by atoms with van der Waals surface area (Å²) in [4.78, 5) is 11.0. The van der Waals surface area contributed by atoms with Crippen LogP contribution in [0.2, 0.25) is 0 Å². The monoisotopic (exact) mass is 256 g/mol. The summed E-state index contributed by atoms with van der Waals surface area (Å²) < 4.78 is 0.664. The Bertz CT molecular complexity index is 396. The molecular formula is C10H9BrO3. The van der Waals surface area contributed by atoms with Crippen molar-refractivity contribution in [3.63, 3.8) is 0 Å². The van der Waals surface area contributed by atoms with Gasteiger partial charge in [-0.2, -0.15) is 0 Å². The zero-order chi connectivity index (χ0) is 10.3. The van der Waals surface area contributed by atoms with Gasteiger partial charge in [0.25, 0.3) is 0 Å². The molecule has 1 aromatic carbocycles. The van der Waals surface area contributed by atoms with Crippen molar-refractivity contribution in [1.29, 1.82) is 0 Å². The van der Waals surface area contributed by atoms with Gasteiger partial charge in [-0.1, -0.05) is 22.0 Å². The lowest BCUT2D eigenvalue weighted by molar-refractivity contribution is -0.140. The highest BCUT2D eigenvalue weighted by Gasteiger charge is 2.52. The number of aromatic hydroxyl groups is 1. The fourth-order valence-electron chi connectivity index (χ4n) is 1.62.